The molecular formula is C10H11Cl. The molecule has 0 spiro atoms. The van der Waals surface area contributed by atoms with Crippen LogP contribution in [0.25, 0.3) is 0 Å². The van der Waals surface area contributed by atoms with Gasteiger partial charge in [0.05, 0.1) is 5.03 Å². The fourth-order valence-electron chi connectivity index (χ4n) is 0.908. The van der Waals surface area contributed by atoms with Crippen LogP contribution in [0.2, 0.25) is 0 Å². The van der Waals surface area contributed by atoms with E-state index in [1.165, 1.54) is 5.57 Å². The van der Waals surface area contributed by atoms with Crippen LogP contribution in [-0.2, 0) is 0 Å². The lowest BCUT2D eigenvalue weighted by Crippen LogP contribution is -1.91. The van der Waals surface area contributed by atoms with Gasteiger partial charge in [-0.1, -0.05) is 48.9 Å². The molecule has 0 aliphatic heterocycles. The Hall–Kier alpha value is -0.670. The highest BCUT2D eigenvalue weighted by Crippen LogP contribution is 2.16. The van der Waals surface area contributed by atoms with E-state index in [-0.39, 0.29) is 0 Å². The third-order valence-electron chi connectivity index (χ3n) is 1.69. The normalized spacial score (nSPS) is 16.4. The van der Waals surface area contributed by atoms with E-state index < -0.39 is 0 Å². The predicted octanol–water partition coefficient (Wildman–Crippen LogP) is 3.10. The van der Waals surface area contributed by atoms with Crippen LogP contribution in [0.3, 0.4) is 0 Å². The first-order chi connectivity index (χ1) is 5.20. The molecule has 0 N–H and O–H groups in total. The molecule has 1 heteroatoms. The molecule has 0 amide bonds. The number of hydrogen-bond acceptors (Lipinski definition) is 0. The maximum atomic E-state index is 5.73. The second kappa shape index (κ2) is 3.64. The summed E-state index contributed by atoms with van der Waals surface area (Å²) >= 11 is 5.73. The lowest BCUT2D eigenvalue weighted by molar-refractivity contribution is 0.752. The highest BCUT2D eigenvalue weighted by Gasteiger charge is 2.01. The first-order valence-corrected chi connectivity index (χ1v) is 4.13. The third-order valence-corrected chi connectivity index (χ3v) is 1.91. The summed E-state index contributed by atoms with van der Waals surface area (Å²) in [5, 5.41) is 0.639. The molecule has 0 unspecified atom stereocenters. The van der Waals surface area contributed by atoms with Gasteiger partial charge in [0.2, 0.25) is 0 Å². The van der Waals surface area contributed by atoms with Gasteiger partial charge < -0.3 is 0 Å². The first-order valence-electron chi connectivity index (χ1n) is 3.75. The molecule has 1 rings (SSSR count). The Balaban J connectivity index is 2.82. The Morgan fingerprint density at radius 3 is 2.82 bits per heavy atom. The van der Waals surface area contributed by atoms with E-state index in [0.29, 0.717) is 11.0 Å². The molecule has 1 aliphatic rings. The second-order valence-corrected chi connectivity index (χ2v) is 3.30. The van der Waals surface area contributed by atoms with E-state index in [1.807, 2.05) is 6.08 Å². The Morgan fingerprint density at radius 2 is 2.18 bits per heavy atom. The molecule has 0 saturated heterocycles. The monoisotopic (exact) mass is 166 g/mol. The molecular weight excluding hydrogens is 156 g/mol. The maximum absolute atomic E-state index is 5.73. The van der Waals surface area contributed by atoms with Gasteiger partial charge in [-0.25, -0.2) is 0 Å². The Kier molecular flexibility index (Phi) is 2.79. The standard InChI is InChI=1S/C10H11Cl/c1-8(2)9-4-3-5-10(11)7-6-9/h6-8H,4H2,1-2H3. The van der Waals surface area contributed by atoms with Crippen molar-refractivity contribution < 1.29 is 0 Å². The Morgan fingerprint density at radius 1 is 1.45 bits per heavy atom. The van der Waals surface area contributed by atoms with Gasteiger partial charge in [0, 0.05) is 6.42 Å². The summed E-state index contributed by atoms with van der Waals surface area (Å²) in [6, 6.07) is 0. The third kappa shape index (κ3) is 2.44. The lowest BCUT2D eigenvalue weighted by Gasteiger charge is -2.04. The van der Waals surface area contributed by atoms with Gasteiger partial charge in [0.25, 0.3) is 0 Å². The van der Waals surface area contributed by atoms with E-state index in [1.54, 1.807) is 0 Å². The Bertz CT molecular complexity index is 258. The molecule has 0 aromatic rings. The van der Waals surface area contributed by atoms with Crippen molar-refractivity contribution in [3.63, 3.8) is 0 Å². The van der Waals surface area contributed by atoms with Crippen molar-refractivity contribution >= 4 is 11.6 Å². The van der Waals surface area contributed by atoms with Gasteiger partial charge in [0.15, 0.2) is 0 Å². The molecule has 58 valence electrons. The smallest absolute Gasteiger partial charge is 0.0904 e. The van der Waals surface area contributed by atoms with Crippen molar-refractivity contribution in [1.29, 1.82) is 0 Å². The van der Waals surface area contributed by atoms with Crippen molar-refractivity contribution in [1.82, 2.24) is 0 Å². The fraction of sp³-hybridized carbons (Fsp3) is 0.400. The number of allylic oxidation sites excluding steroid dienone is 4. The molecule has 1 aliphatic carbocycles. The largest absolute Gasteiger partial charge is 0.0925 e. The van der Waals surface area contributed by atoms with E-state index in [9.17, 15) is 0 Å². The van der Waals surface area contributed by atoms with Crippen LogP contribution in [-0.4, -0.2) is 0 Å². The van der Waals surface area contributed by atoms with Crippen LogP contribution in [0.15, 0.2) is 22.8 Å². The molecule has 0 fully saturated rings. The van der Waals surface area contributed by atoms with Gasteiger partial charge in [-0.15, -0.1) is 0 Å². The first kappa shape index (κ1) is 8.43. The zero-order valence-electron chi connectivity index (χ0n) is 6.82. The summed E-state index contributed by atoms with van der Waals surface area (Å²) in [6.45, 7) is 4.33. The van der Waals surface area contributed by atoms with Crippen molar-refractivity contribution in [2.75, 3.05) is 0 Å². The van der Waals surface area contributed by atoms with E-state index in [0.717, 1.165) is 6.42 Å². The van der Waals surface area contributed by atoms with Crippen LogP contribution in [0.4, 0.5) is 0 Å². The van der Waals surface area contributed by atoms with Crippen LogP contribution in [0.1, 0.15) is 20.3 Å². The average Bonchev–Trinajstić information content (AvgIpc) is 2.13. The Labute approximate surface area is 72.9 Å². The van der Waals surface area contributed by atoms with E-state index in [4.69, 9.17) is 11.6 Å². The average molecular weight is 167 g/mol. The van der Waals surface area contributed by atoms with Crippen molar-refractivity contribution in [3.8, 4) is 11.8 Å². The molecule has 0 atom stereocenters. The molecule has 0 radical (unpaired) electrons. The van der Waals surface area contributed by atoms with Crippen LogP contribution in [0.5, 0.6) is 0 Å². The van der Waals surface area contributed by atoms with Gasteiger partial charge in [-0.05, 0) is 12.0 Å². The van der Waals surface area contributed by atoms with Crippen molar-refractivity contribution in [3.05, 3.63) is 22.8 Å². The van der Waals surface area contributed by atoms with Gasteiger partial charge >= 0.3 is 0 Å². The SMILES string of the molecule is CC(C)C1=CC=C(Cl)C#CC1. The molecule has 0 heterocycles. The van der Waals surface area contributed by atoms with Gasteiger partial charge in [-0.2, -0.15) is 0 Å². The van der Waals surface area contributed by atoms with Crippen LogP contribution in [0, 0.1) is 17.8 Å². The summed E-state index contributed by atoms with van der Waals surface area (Å²) in [4.78, 5) is 0. The number of rotatable bonds is 1. The molecule has 0 aromatic carbocycles. The molecule has 11 heavy (non-hydrogen) atoms. The summed E-state index contributed by atoms with van der Waals surface area (Å²) in [7, 11) is 0. The summed E-state index contributed by atoms with van der Waals surface area (Å²) < 4.78 is 0. The summed E-state index contributed by atoms with van der Waals surface area (Å²) in [6.07, 6.45) is 4.78. The fourth-order valence-corrected chi connectivity index (χ4v) is 1.04. The number of halogens is 1. The molecule has 0 saturated carbocycles. The van der Waals surface area contributed by atoms with Crippen molar-refractivity contribution in [2.45, 2.75) is 20.3 Å². The molecule has 0 nitrogen and oxygen atoms in total. The van der Waals surface area contributed by atoms with Crippen LogP contribution < -0.4 is 0 Å². The van der Waals surface area contributed by atoms with Crippen molar-refractivity contribution in [2.24, 2.45) is 5.92 Å². The molecule has 0 bridgehead atoms. The second-order valence-electron chi connectivity index (χ2n) is 2.89. The summed E-state index contributed by atoms with van der Waals surface area (Å²) in [5.41, 5.74) is 1.35. The highest BCUT2D eigenvalue weighted by atomic mass is 35.5. The minimum Gasteiger partial charge on any atom is -0.0925 e. The number of hydrogen-bond donors (Lipinski definition) is 0. The van der Waals surface area contributed by atoms with E-state index in [2.05, 4.69) is 31.8 Å². The zero-order chi connectivity index (χ0) is 8.27. The quantitative estimate of drug-likeness (QED) is 0.526. The highest BCUT2D eigenvalue weighted by molar-refractivity contribution is 6.32. The topological polar surface area (TPSA) is 0 Å². The van der Waals surface area contributed by atoms with Crippen LogP contribution >= 0.6 is 11.6 Å². The van der Waals surface area contributed by atoms with Gasteiger partial charge in [-0.3, -0.25) is 0 Å². The molecule has 0 aromatic heterocycles. The minimum atomic E-state index is 0.572. The van der Waals surface area contributed by atoms with E-state index >= 15 is 0 Å². The lowest BCUT2D eigenvalue weighted by atomic mass is 10.0. The zero-order valence-corrected chi connectivity index (χ0v) is 7.57. The van der Waals surface area contributed by atoms with Gasteiger partial charge in [0.1, 0.15) is 0 Å². The predicted molar refractivity (Wildman–Crippen MR) is 49.3 cm³/mol. The maximum Gasteiger partial charge on any atom is 0.0904 e. The minimum absolute atomic E-state index is 0.572. The summed E-state index contributed by atoms with van der Waals surface area (Å²) in [5.74, 6) is 6.44.